The molecular formula is C11H20N2O. The van der Waals surface area contributed by atoms with E-state index in [0.29, 0.717) is 5.92 Å². The fraction of sp³-hybridized carbons (Fsp3) is 0.818. The monoisotopic (exact) mass is 196 g/mol. The predicted molar refractivity (Wildman–Crippen MR) is 58.2 cm³/mol. The molecule has 3 nitrogen and oxygen atoms in total. The molecule has 0 bridgehead atoms. The van der Waals surface area contributed by atoms with Crippen molar-refractivity contribution in [1.82, 2.24) is 5.32 Å². The highest BCUT2D eigenvalue weighted by molar-refractivity contribution is 5.92. The van der Waals surface area contributed by atoms with Crippen LogP contribution >= 0.6 is 0 Å². The Morgan fingerprint density at radius 2 is 2.00 bits per heavy atom. The lowest BCUT2D eigenvalue weighted by molar-refractivity contribution is -0.128. The van der Waals surface area contributed by atoms with Gasteiger partial charge in [0.2, 0.25) is 5.91 Å². The van der Waals surface area contributed by atoms with Gasteiger partial charge < -0.3 is 5.32 Å². The molecule has 0 aromatic rings. The van der Waals surface area contributed by atoms with E-state index < -0.39 is 0 Å². The van der Waals surface area contributed by atoms with Crippen molar-refractivity contribution < 1.29 is 4.79 Å². The van der Waals surface area contributed by atoms with E-state index in [1.807, 2.05) is 0 Å². The molecule has 1 heterocycles. The molecule has 2 unspecified atom stereocenters. The molecule has 1 aliphatic rings. The van der Waals surface area contributed by atoms with Crippen LogP contribution in [0.3, 0.4) is 0 Å². The molecule has 1 aliphatic heterocycles. The Morgan fingerprint density at radius 1 is 1.43 bits per heavy atom. The van der Waals surface area contributed by atoms with E-state index in [2.05, 4.69) is 44.9 Å². The molecule has 0 aromatic carbocycles. The molecular weight excluding hydrogens is 176 g/mol. The topological polar surface area (TPSA) is 41.5 Å². The van der Waals surface area contributed by atoms with Gasteiger partial charge in [-0.15, -0.1) is 0 Å². The van der Waals surface area contributed by atoms with Gasteiger partial charge in [-0.05, 0) is 11.3 Å². The van der Waals surface area contributed by atoms with Crippen molar-refractivity contribution in [3.05, 3.63) is 0 Å². The maximum atomic E-state index is 11.8. The minimum atomic E-state index is -0.0310. The van der Waals surface area contributed by atoms with Gasteiger partial charge in [-0.3, -0.25) is 9.79 Å². The van der Waals surface area contributed by atoms with E-state index in [4.69, 9.17) is 0 Å². The van der Waals surface area contributed by atoms with Gasteiger partial charge >= 0.3 is 0 Å². The minimum absolute atomic E-state index is 0.0208. The maximum Gasteiger partial charge on any atom is 0.230 e. The zero-order valence-corrected chi connectivity index (χ0v) is 9.66. The van der Waals surface area contributed by atoms with Crippen molar-refractivity contribution in [3.8, 4) is 0 Å². The largest absolute Gasteiger partial charge is 0.317 e. The number of hydrogen-bond acceptors (Lipinski definition) is 2. The molecule has 0 aromatic heterocycles. The molecule has 14 heavy (non-hydrogen) atoms. The summed E-state index contributed by atoms with van der Waals surface area (Å²) >= 11 is 0. The van der Waals surface area contributed by atoms with Crippen LogP contribution in [0.25, 0.3) is 0 Å². The van der Waals surface area contributed by atoms with Gasteiger partial charge in [0, 0.05) is 0 Å². The third-order valence-corrected chi connectivity index (χ3v) is 2.69. The lowest BCUT2D eigenvalue weighted by Crippen LogP contribution is -2.49. The number of amides is 1. The predicted octanol–water partition coefficient (Wildman–Crippen LogP) is 1.83. The van der Waals surface area contributed by atoms with Crippen LogP contribution in [0.15, 0.2) is 4.99 Å². The van der Waals surface area contributed by atoms with Crippen molar-refractivity contribution >= 4 is 12.2 Å². The number of hydrogen-bond donors (Lipinski definition) is 1. The summed E-state index contributed by atoms with van der Waals surface area (Å²) in [6.45, 7) is 10.5. The number of nitrogens with one attached hydrogen (secondary N) is 1. The quantitative estimate of drug-likeness (QED) is 0.683. The van der Waals surface area contributed by atoms with Crippen molar-refractivity contribution in [1.29, 1.82) is 0 Å². The summed E-state index contributed by atoms with van der Waals surface area (Å²) in [5.41, 5.74) is -0.0310. The first-order chi connectivity index (χ1) is 6.34. The van der Waals surface area contributed by atoms with Crippen LogP contribution in [-0.4, -0.2) is 18.3 Å². The Morgan fingerprint density at radius 3 is 2.36 bits per heavy atom. The van der Waals surface area contributed by atoms with E-state index >= 15 is 0 Å². The van der Waals surface area contributed by atoms with Crippen LogP contribution < -0.4 is 5.32 Å². The average molecular weight is 196 g/mol. The molecule has 80 valence electrons. The van der Waals surface area contributed by atoms with E-state index in [1.165, 1.54) is 6.34 Å². The fourth-order valence-corrected chi connectivity index (χ4v) is 1.98. The van der Waals surface area contributed by atoms with Crippen LogP contribution in [0.1, 0.15) is 34.6 Å². The Labute approximate surface area is 86.0 Å². The smallest absolute Gasteiger partial charge is 0.230 e. The number of rotatable bonds is 1. The van der Waals surface area contributed by atoms with Gasteiger partial charge in [0.15, 0.2) is 0 Å². The van der Waals surface area contributed by atoms with Crippen LogP contribution in [-0.2, 0) is 4.79 Å². The molecule has 2 atom stereocenters. The SMILES string of the molecule is CC(C)C1N=CNC(=O)C1C(C)(C)C. The Kier molecular flexibility index (Phi) is 2.98. The first kappa shape index (κ1) is 11.2. The first-order valence-electron chi connectivity index (χ1n) is 5.16. The molecule has 3 heteroatoms. The lowest BCUT2D eigenvalue weighted by Gasteiger charge is -2.37. The summed E-state index contributed by atoms with van der Waals surface area (Å²) in [7, 11) is 0. The molecule has 0 spiro atoms. The Bertz CT molecular complexity index is 251. The van der Waals surface area contributed by atoms with E-state index in [0.717, 1.165) is 0 Å². The van der Waals surface area contributed by atoms with Gasteiger partial charge in [-0.25, -0.2) is 0 Å². The highest BCUT2D eigenvalue weighted by Crippen LogP contribution is 2.34. The molecule has 1 N–H and O–H groups in total. The van der Waals surface area contributed by atoms with E-state index in [1.54, 1.807) is 0 Å². The normalized spacial score (nSPS) is 28.0. The van der Waals surface area contributed by atoms with Gasteiger partial charge in [0.25, 0.3) is 0 Å². The number of nitrogens with zero attached hydrogens (tertiary/aromatic N) is 1. The molecule has 0 radical (unpaired) electrons. The zero-order chi connectivity index (χ0) is 10.9. The number of carbonyl (C=O) groups is 1. The van der Waals surface area contributed by atoms with Crippen LogP contribution in [0.4, 0.5) is 0 Å². The van der Waals surface area contributed by atoms with Crippen molar-refractivity contribution in [2.75, 3.05) is 0 Å². The van der Waals surface area contributed by atoms with Gasteiger partial charge in [-0.2, -0.15) is 0 Å². The summed E-state index contributed by atoms with van der Waals surface area (Å²) < 4.78 is 0. The second-order valence-electron chi connectivity index (χ2n) is 5.37. The molecule has 1 amide bonds. The van der Waals surface area contributed by atoms with E-state index in [-0.39, 0.29) is 23.3 Å². The third kappa shape index (κ3) is 2.14. The molecule has 0 saturated carbocycles. The van der Waals surface area contributed by atoms with Crippen LogP contribution in [0.2, 0.25) is 0 Å². The van der Waals surface area contributed by atoms with Crippen LogP contribution in [0.5, 0.6) is 0 Å². The van der Waals surface area contributed by atoms with Gasteiger partial charge in [-0.1, -0.05) is 34.6 Å². The summed E-state index contributed by atoms with van der Waals surface area (Å²) in [6.07, 6.45) is 1.54. The van der Waals surface area contributed by atoms with Crippen molar-refractivity contribution in [2.24, 2.45) is 22.2 Å². The number of aliphatic imine (C=N–C) groups is 1. The summed E-state index contributed by atoms with van der Waals surface area (Å²) in [4.78, 5) is 16.1. The van der Waals surface area contributed by atoms with Gasteiger partial charge in [0.1, 0.15) is 0 Å². The average Bonchev–Trinajstić information content (AvgIpc) is 2.01. The molecule has 1 rings (SSSR count). The summed E-state index contributed by atoms with van der Waals surface area (Å²) in [6, 6.07) is 0.115. The van der Waals surface area contributed by atoms with Crippen molar-refractivity contribution in [2.45, 2.75) is 40.7 Å². The van der Waals surface area contributed by atoms with Crippen LogP contribution in [0, 0.1) is 17.3 Å². The highest BCUT2D eigenvalue weighted by Gasteiger charge is 2.40. The highest BCUT2D eigenvalue weighted by atomic mass is 16.2. The Hall–Kier alpha value is -0.860. The Balaban J connectivity index is 2.97. The third-order valence-electron chi connectivity index (χ3n) is 2.69. The fourth-order valence-electron chi connectivity index (χ4n) is 1.98. The second-order valence-corrected chi connectivity index (χ2v) is 5.37. The molecule has 0 aliphatic carbocycles. The molecule has 0 fully saturated rings. The van der Waals surface area contributed by atoms with E-state index in [9.17, 15) is 4.79 Å². The summed E-state index contributed by atoms with van der Waals surface area (Å²) in [5.74, 6) is 0.486. The van der Waals surface area contributed by atoms with Crippen molar-refractivity contribution in [3.63, 3.8) is 0 Å². The number of carbonyl (C=O) groups excluding carboxylic acids is 1. The maximum absolute atomic E-state index is 11.8. The summed E-state index contributed by atoms with van der Waals surface area (Å²) in [5, 5.41) is 2.69. The zero-order valence-electron chi connectivity index (χ0n) is 9.66. The van der Waals surface area contributed by atoms with Gasteiger partial charge in [0.05, 0.1) is 18.3 Å². The first-order valence-corrected chi connectivity index (χ1v) is 5.16. The minimum Gasteiger partial charge on any atom is -0.317 e. The molecule has 0 saturated heterocycles. The lowest BCUT2D eigenvalue weighted by atomic mass is 9.72. The second kappa shape index (κ2) is 3.71. The standard InChI is InChI=1S/C11H20N2O/c1-7(2)9-8(11(3,4)5)10(14)13-6-12-9/h6-9H,1-5H3,(H,12,13,14).